The standard InChI is InChI=1S/C21H21N3O2/c1-4-26-21(25)17-6-5-7-18(12-17)24-20-13-19(22-15(3)23-20)16-10-8-14(2)9-11-16/h5-13H,4H2,1-3H3,(H,22,23,24). The van der Waals surface area contributed by atoms with Gasteiger partial charge >= 0.3 is 5.97 Å². The molecule has 0 radical (unpaired) electrons. The Hall–Kier alpha value is -3.21. The lowest BCUT2D eigenvalue weighted by molar-refractivity contribution is 0.0526. The summed E-state index contributed by atoms with van der Waals surface area (Å²) in [7, 11) is 0. The van der Waals surface area contributed by atoms with E-state index >= 15 is 0 Å². The predicted octanol–water partition coefficient (Wildman–Crippen LogP) is 4.68. The molecule has 0 atom stereocenters. The minimum Gasteiger partial charge on any atom is -0.462 e. The van der Waals surface area contributed by atoms with Crippen molar-refractivity contribution in [3.05, 3.63) is 71.5 Å². The summed E-state index contributed by atoms with van der Waals surface area (Å²) in [5.74, 6) is 1.01. The predicted molar refractivity (Wildman–Crippen MR) is 103 cm³/mol. The van der Waals surface area contributed by atoms with Gasteiger partial charge in [0.05, 0.1) is 17.9 Å². The zero-order chi connectivity index (χ0) is 18.5. The Morgan fingerprint density at radius 1 is 1.04 bits per heavy atom. The van der Waals surface area contributed by atoms with E-state index in [2.05, 4.69) is 34.3 Å². The van der Waals surface area contributed by atoms with Crippen LogP contribution in [0.4, 0.5) is 11.5 Å². The Balaban J connectivity index is 1.87. The van der Waals surface area contributed by atoms with Crippen LogP contribution in [0, 0.1) is 13.8 Å². The second-order valence-corrected chi connectivity index (χ2v) is 5.98. The molecule has 1 heterocycles. The molecule has 0 saturated heterocycles. The fourth-order valence-corrected chi connectivity index (χ4v) is 2.59. The van der Waals surface area contributed by atoms with Crippen molar-refractivity contribution in [3.63, 3.8) is 0 Å². The maximum absolute atomic E-state index is 11.9. The Bertz CT molecular complexity index is 921. The number of aromatic nitrogens is 2. The molecule has 0 aliphatic heterocycles. The number of hydrogen-bond acceptors (Lipinski definition) is 5. The van der Waals surface area contributed by atoms with Crippen molar-refractivity contribution in [3.8, 4) is 11.3 Å². The largest absolute Gasteiger partial charge is 0.462 e. The van der Waals surface area contributed by atoms with E-state index in [1.54, 1.807) is 19.1 Å². The molecule has 3 rings (SSSR count). The Morgan fingerprint density at radius 3 is 2.54 bits per heavy atom. The molecule has 5 nitrogen and oxygen atoms in total. The lowest BCUT2D eigenvalue weighted by Crippen LogP contribution is -2.05. The Kier molecular flexibility index (Phi) is 5.27. The summed E-state index contributed by atoms with van der Waals surface area (Å²) in [5.41, 5.74) is 4.35. The van der Waals surface area contributed by atoms with Gasteiger partial charge in [-0.05, 0) is 39.0 Å². The average molecular weight is 347 g/mol. The molecule has 0 fully saturated rings. The summed E-state index contributed by atoms with van der Waals surface area (Å²) in [4.78, 5) is 20.9. The molecule has 3 aromatic rings. The van der Waals surface area contributed by atoms with Crippen molar-refractivity contribution in [2.45, 2.75) is 20.8 Å². The number of carbonyl (C=O) groups excluding carboxylic acids is 1. The third-order valence-corrected chi connectivity index (χ3v) is 3.83. The van der Waals surface area contributed by atoms with Crippen LogP contribution in [0.3, 0.4) is 0 Å². The van der Waals surface area contributed by atoms with E-state index in [0.29, 0.717) is 23.8 Å². The molecule has 0 spiro atoms. The highest BCUT2D eigenvalue weighted by Gasteiger charge is 2.09. The highest BCUT2D eigenvalue weighted by atomic mass is 16.5. The summed E-state index contributed by atoms with van der Waals surface area (Å²) in [6.07, 6.45) is 0. The number of nitrogens with one attached hydrogen (secondary N) is 1. The van der Waals surface area contributed by atoms with Crippen LogP contribution in [0.15, 0.2) is 54.6 Å². The molecule has 2 aromatic carbocycles. The van der Waals surface area contributed by atoms with E-state index in [1.165, 1.54) is 5.56 Å². The first kappa shape index (κ1) is 17.6. The van der Waals surface area contributed by atoms with Gasteiger partial charge in [0.15, 0.2) is 0 Å². The number of benzene rings is 2. The quantitative estimate of drug-likeness (QED) is 0.679. The number of nitrogens with zero attached hydrogens (tertiary/aromatic N) is 2. The van der Waals surface area contributed by atoms with E-state index < -0.39 is 0 Å². The molecular weight excluding hydrogens is 326 g/mol. The number of rotatable bonds is 5. The van der Waals surface area contributed by atoms with E-state index in [9.17, 15) is 4.79 Å². The Morgan fingerprint density at radius 2 is 1.81 bits per heavy atom. The number of aryl methyl sites for hydroxylation is 2. The molecule has 1 aromatic heterocycles. The molecule has 132 valence electrons. The molecule has 0 unspecified atom stereocenters. The van der Waals surface area contributed by atoms with Crippen molar-refractivity contribution in [2.75, 3.05) is 11.9 Å². The molecule has 0 saturated carbocycles. The van der Waals surface area contributed by atoms with E-state index in [-0.39, 0.29) is 5.97 Å². The molecule has 0 amide bonds. The summed E-state index contributed by atoms with van der Waals surface area (Å²) >= 11 is 0. The van der Waals surface area contributed by atoms with Crippen LogP contribution in [0.1, 0.15) is 28.7 Å². The number of ether oxygens (including phenoxy) is 1. The van der Waals surface area contributed by atoms with Gasteiger partial charge in [-0.15, -0.1) is 0 Å². The molecule has 1 N–H and O–H groups in total. The normalized spacial score (nSPS) is 10.4. The second kappa shape index (κ2) is 7.78. The van der Waals surface area contributed by atoms with Gasteiger partial charge in [0.1, 0.15) is 11.6 Å². The molecule has 0 aliphatic carbocycles. The van der Waals surface area contributed by atoms with E-state index in [0.717, 1.165) is 16.9 Å². The van der Waals surface area contributed by atoms with Gasteiger partial charge in [-0.1, -0.05) is 35.9 Å². The molecule has 0 aliphatic rings. The van der Waals surface area contributed by atoms with Gasteiger partial charge in [0, 0.05) is 17.3 Å². The topological polar surface area (TPSA) is 64.1 Å². The third-order valence-electron chi connectivity index (χ3n) is 3.83. The first-order chi connectivity index (χ1) is 12.5. The van der Waals surface area contributed by atoms with Gasteiger partial charge in [0.2, 0.25) is 0 Å². The van der Waals surface area contributed by atoms with Crippen LogP contribution in [-0.2, 0) is 4.74 Å². The second-order valence-electron chi connectivity index (χ2n) is 5.98. The third kappa shape index (κ3) is 4.25. The first-order valence-corrected chi connectivity index (χ1v) is 8.52. The van der Waals surface area contributed by atoms with Crippen LogP contribution in [0.5, 0.6) is 0 Å². The van der Waals surface area contributed by atoms with Crippen molar-refractivity contribution in [1.82, 2.24) is 9.97 Å². The number of esters is 1. The van der Waals surface area contributed by atoms with E-state index in [1.807, 2.05) is 37.3 Å². The van der Waals surface area contributed by atoms with Crippen LogP contribution in [-0.4, -0.2) is 22.5 Å². The highest BCUT2D eigenvalue weighted by Crippen LogP contribution is 2.23. The molecule has 26 heavy (non-hydrogen) atoms. The minimum atomic E-state index is -0.338. The summed E-state index contributed by atoms with van der Waals surface area (Å²) in [6.45, 7) is 6.05. The van der Waals surface area contributed by atoms with E-state index in [4.69, 9.17) is 4.74 Å². The van der Waals surface area contributed by atoms with Gasteiger partial charge in [-0.25, -0.2) is 14.8 Å². The Labute approximate surface area is 153 Å². The van der Waals surface area contributed by atoms with Crippen molar-refractivity contribution in [1.29, 1.82) is 0 Å². The summed E-state index contributed by atoms with van der Waals surface area (Å²) in [6, 6.07) is 17.3. The average Bonchev–Trinajstić information content (AvgIpc) is 2.62. The van der Waals surface area contributed by atoms with Crippen molar-refractivity contribution < 1.29 is 9.53 Å². The minimum absolute atomic E-state index is 0.338. The molecule has 5 heteroatoms. The zero-order valence-electron chi connectivity index (χ0n) is 15.1. The summed E-state index contributed by atoms with van der Waals surface area (Å²) in [5, 5.41) is 3.24. The van der Waals surface area contributed by atoms with Crippen molar-refractivity contribution in [2.24, 2.45) is 0 Å². The smallest absolute Gasteiger partial charge is 0.338 e. The lowest BCUT2D eigenvalue weighted by Gasteiger charge is -2.10. The highest BCUT2D eigenvalue weighted by molar-refractivity contribution is 5.90. The van der Waals surface area contributed by atoms with Crippen LogP contribution in [0.2, 0.25) is 0 Å². The first-order valence-electron chi connectivity index (χ1n) is 8.52. The van der Waals surface area contributed by atoms with Gasteiger partial charge in [-0.2, -0.15) is 0 Å². The maximum atomic E-state index is 11.9. The fourth-order valence-electron chi connectivity index (χ4n) is 2.59. The van der Waals surface area contributed by atoms with Gasteiger partial charge in [0.25, 0.3) is 0 Å². The fraction of sp³-hybridized carbons (Fsp3) is 0.190. The number of anilines is 2. The number of carbonyl (C=O) groups is 1. The number of hydrogen-bond donors (Lipinski definition) is 1. The molecular formula is C21H21N3O2. The van der Waals surface area contributed by atoms with Crippen molar-refractivity contribution >= 4 is 17.5 Å². The van der Waals surface area contributed by atoms with Crippen LogP contribution in [0.25, 0.3) is 11.3 Å². The summed E-state index contributed by atoms with van der Waals surface area (Å²) < 4.78 is 5.05. The SMILES string of the molecule is CCOC(=O)c1cccc(Nc2cc(-c3ccc(C)cc3)nc(C)n2)c1. The van der Waals surface area contributed by atoms with Gasteiger partial charge in [-0.3, -0.25) is 0 Å². The van der Waals surface area contributed by atoms with Crippen LogP contribution < -0.4 is 5.32 Å². The van der Waals surface area contributed by atoms with Gasteiger partial charge < -0.3 is 10.1 Å². The maximum Gasteiger partial charge on any atom is 0.338 e. The monoisotopic (exact) mass is 347 g/mol. The lowest BCUT2D eigenvalue weighted by atomic mass is 10.1. The van der Waals surface area contributed by atoms with Crippen LogP contribution >= 0.6 is 0 Å². The zero-order valence-corrected chi connectivity index (χ0v) is 15.1. The molecule has 0 bridgehead atoms.